The Labute approximate surface area is 117 Å². The van der Waals surface area contributed by atoms with Gasteiger partial charge in [0.25, 0.3) is 0 Å². The molecule has 0 amide bonds. The molecular formula is C15H17BrN2. The Kier molecular flexibility index (Phi) is 4.50. The van der Waals surface area contributed by atoms with E-state index in [-0.39, 0.29) is 6.04 Å². The fourth-order valence-corrected chi connectivity index (χ4v) is 2.23. The maximum atomic E-state index is 4.45. The summed E-state index contributed by atoms with van der Waals surface area (Å²) < 4.78 is 1.11. The van der Waals surface area contributed by atoms with Gasteiger partial charge in [0.15, 0.2) is 0 Å². The van der Waals surface area contributed by atoms with E-state index in [1.807, 2.05) is 19.3 Å². The van der Waals surface area contributed by atoms with Crippen LogP contribution in [0, 0.1) is 6.92 Å². The molecule has 94 valence electrons. The Morgan fingerprint density at radius 2 is 1.94 bits per heavy atom. The standard InChI is InChI=1S/C15H17BrN2/c1-11-7-8-18-15(9-11)14(17-2)10-12-3-5-13(16)6-4-12/h3-9,14,17H,10H2,1-2H3. The quantitative estimate of drug-likeness (QED) is 0.932. The molecule has 0 fully saturated rings. The summed E-state index contributed by atoms with van der Waals surface area (Å²) in [6.45, 7) is 2.09. The van der Waals surface area contributed by atoms with Crippen LogP contribution < -0.4 is 5.32 Å². The van der Waals surface area contributed by atoms with Crippen molar-refractivity contribution < 1.29 is 0 Å². The zero-order valence-corrected chi connectivity index (χ0v) is 12.2. The third kappa shape index (κ3) is 3.40. The van der Waals surface area contributed by atoms with Gasteiger partial charge in [0.1, 0.15) is 0 Å². The molecule has 2 aromatic rings. The van der Waals surface area contributed by atoms with Crippen molar-refractivity contribution in [1.29, 1.82) is 0 Å². The normalized spacial score (nSPS) is 12.4. The third-order valence-corrected chi connectivity index (χ3v) is 3.52. The molecule has 0 aliphatic carbocycles. The van der Waals surface area contributed by atoms with E-state index in [9.17, 15) is 0 Å². The molecule has 2 nitrogen and oxygen atoms in total. The topological polar surface area (TPSA) is 24.9 Å². The van der Waals surface area contributed by atoms with Gasteiger partial charge in [-0.3, -0.25) is 4.98 Å². The molecule has 3 heteroatoms. The number of rotatable bonds is 4. The number of pyridine rings is 1. The predicted octanol–water partition coefficient (Wildman–Crippen LogP) is 3.66. The zero-order valence-electron chi connectivity index (χ0n) is 10.7. The molecule has 0 saturated heterocycles. The van der Waals surface area contributed by atoms with Gasteiger partial charge >= 0.3 is 0 Å². The highest BCUT2D eigenvalue weighted by atomic mass is 79.9. The fraction of sp³-hybridized carbons (Fsp3) is 0.267. The summed E-state index contributed by atoms with van der Waals surface area (Å²) in [7, 11) is 1.98. The first-order valence-electron chi connectivity index (χ1n) is 6.03. The van der Waals surface area contributed by atoms with Crippen molar-refractivity contribution in [3.63, 3.8) is 0 Å². The monoisotopic (exact) mass is 304 g/mol. The number of nitrogens with one attached hydrogen (secondary N) is 1. The van der Waals surface area contributed by atoms with E-state index < -0.39 is 0 Å². The van der Waals surface area contributed by atoms with E-state index in [1.165, 1.54) is 11.1 Å². The molecule has 0 aliphatic rings. The summed E-state index contributed by atoms with van der Waals surface area (Å²) in [6.07, 6.45) is 2.82. The summed E-state index contributed by atoms with van der Waals surface area (Å²) in [5, 5.41) is 3.33. The van der Waals surface area contributed by atoms with Crippen molar-refractivity contribution in [2.45, 2.75) is 19.4 Å². The second-order valence-electron chi connectivity index (χ2n) is 4.43. The number of aromatic nitrogens is 1. The van der Waals surface area contributed by atoms with Crippen LogP contribution in [0.15, 0.2) is 47.1 Å². The van der Waals surface area contributed by atoms with E-state index in [4.69, 9.17) is 0 Å². The number of benzene rings is 1. The molecule has 0 radical (unpaired) electrons. The van der Waals surface area contributed by atoms with Gasteiger partial charge in [0.2, 0.25) is 0 Å². The lowest BCUT2D eigenvalue weighted by Gasteiger charge is -2.16. The van der Waals surface area contributed by atoms with E-state index in [0.717, 1.165) is 16.6 Å². The Balaban J connectivity index is 2.17. The van der Waals surface area contributed by atoms with Crippen LogP contribution in [0.1, 0.15) is 22.9 Å². The summed E-state index contributed by atoms with van der Waals surface area (Å²) in [5.41, 5.74) is 3.65. The smallest absolute Gasteiger partial charge is 0.0579 e. The largest absolute Gasteiger partial charge is 0.311 e. The summed E-state index contributed by atoms with van der Waals surface area (Å²) in [4.78, 5) is 4.45. The highest BCUT2D eigenvalue weighted by molar-refractivity contribution is 9.10. The van der Waals surface area contributed by atoms with Crippen molar-refractivity contribution in [2.24, 2.45) is 0 Å². The number of nitrogens with zero attached hydrogens (tertiary/aromatic N) is 1. The predicted molar refractivity (Wildman–Crippen MR) is 78.6 cm³/mol. The molecule has 1 N–H and O–H groups in total. The van der Waals surface area contributed by atoms with Crippen LogP contribution in [0.25, 0.3) is 0 Å². The lowest BCUT2D eigenvalue weighted by atomic mass is 10.0. The number of likely N-dealkylation sites (N-methyl/N-ethyl adjacent to an activating group) is 1. The van der Waals surface area contributed by atoms with Gasteiger partial charge in [-0.15, -0.1) is 0 Å². The van der Waals surface area contributed by atoms with Gasteiger partial charge in [0.05, 0.1) is 11.7 Å². The van der Waals surface area contributed by atoms with Gasteiger partial charge in [-0.2, -0.15) is 0 Å². The molecule has 2 rings (SSSR count). The lowest BCUT2D eigenvalue weighted by molar-refractivity contribution is 0.575. The lowest BCUT2D eigenvalue weighted by Crippen LogP contribution is -2.20. The van der Waals surface area contributed by atoms with Crippen LogP contribution >= 0.6 is 15.9 Å². The molecule has 1 heterocycles. The van der Waals surface area contributed by atoms with E-state index in [1.54, 1.807) is 0 Å². The summed E-state index contributed by atoms with van der Waals surface area (Å²) in [5.74, 6) is 0. The molecule has 1 atom stereocenters. The van der Waals surface area contributed by atoms with Crippen molar-refractivity contribution in [3.8, 4) is 0 Å². The minimum absolute atomic E-state index is 0.256. The minimum Gasteiger partial charge on any atom is -0.311 e. The second-order valence-corrected chi connectivity index (χ2v) is 5.35. The van der Waals surface area contributed by atoms with E-state index in [2.05, 4.69) is 63.5 Å². The Morgan fingerprint density at radius 1 is 1.22 bits per heavy atom. The zero-order chi connectivity index (χ0) is 13.0. The van der Waals surface area contributed by atoms with Crippen LogP contribution in [0.2, 0.25) is 0 Å². The maximum Gasteiger partial charge on any atom is 0.0579 e. The van der Waals surface area contributed by atoms with Crippen molar-refractivity contribution in [1.82, 2.24) is 10.3 Å². The Morgan fingerprint density at radius 3 is 2.56 bits per heavy atom. The average molecular weight is 305 g/mol. The van der Waals surface area contributed by atoms with Gasteiger partial charge in [0, 0.05) is 10.7 Å². The fourth-order valence-electron chi connectivity index (χ4n) is 1.96. The second kappa shape index (κ2) is 6.12. The average Bonchev–Trinajstić information content (AvgIpc) is 2.38. The third-order valence-electron chi connectivity index (χ3n) is 3.00. The van der Waals surface area contributed by atoms with Crippen LogP contribution in [-0.4, -0.2) is 12.0 Å². The van der Waals surface area contributed by atoms with Gasteiger partial charge in [-0.1, -0.05) is 28.1 Å². The molecule has 0 bridgehead atoms. The molecule has 0 aliphatic heterocycles. The highest BCUT2D eigenvalue weighted by Gasteiger charge is 2.11. The van der Waals surface area contributed by atoms with Crippen molar-refractivity contribution >= 4 is 15.9 Å². The highest BCUT2D eigenvalue weighted by Crippen LogP contribution is 2.18. The molecule has 1 unspecified atom stereocenters. The number of hydrogen-bond donors (Lipinski definition) is 1. The van der Waals surface area contributed by atoms with Crippen LogP contribution in [-0.2, 0) is 6.42 Å². The van der Waals surface area contributed by atoms with Gasteiger partial charge < -0.3 is 5.32 Å². The first-order chi connectivity index (χ1) is 8.69. The van der Waals surface area contributed by atoms with Gasteiger partial charge in [-0.05, 0) is 55.8 Å². The summed E-state index contributed by atoms with van der Waals surface area (Å²) >= 11 is 3.46. The number of aryl methyl sites for hydroxylation is 1. The summed E-state index contributed by atoms with van der Waals surface area (Å²) in [6, 6.07) is 12.9. The molecule has 0 spiro atoms. The molecule has 0 saturated carbocycles. The van der Waals surface area contributed by atoms with Crippen LogP contribution in [0.3, 0.4) is 0 Å². The minimum atomic E-state index is 0.256. The Hall–Kier alpha value is -1.19. The SMILES string of the molecule is CNC(Cc1ccc(Br)cc1)c1cc(C)ccn1. The molecular weight excluding hydrogens is 288 g/mol. The number of hydrogen-bond acceptors (Lipinski definition) is 2. The maximum absolute atomic E-state index is 4.45. The molecule has 18 heavy (non-hydrogen) atoms. The first kappa shape index (κ1) is 13.2. The van der Waals surface area contributed by atoms with E-state index >= 15 is 0 Å². The van der Waals surface area contributed by atoms with Crippen molar-refractivity contribution in [2.75, 3.05) is 7.05 Å². The van der Waals surface area contributed by atoms with Crippen LogP contribution in [0.5, 0.6) is 0 Å². The van der Waals surface area contributed by atoms with Crippen LogP contribution in [0.4, 0.5) is 0 Å². The first-order valence-corrected chi connectivity index (χ1v) is 6.82. The number of halogens is 1. The Bertz CT molecular complexity index is 508. The van der Waals surface area contributed by atoms with Gasteiger partial charge in [-0.25, -0.2) is 0 Å². The molecule has 1 aromatic carbocycles. The van der Waals surface area contributed by atoms with Crippen molar-refractivity contribution in [3.05, 3.63) is 63.9 Å². The van der Waals surface area contributed by atoms with E-state index in [0.29, 0.717) is 0 Å². The molecule has 1 aromatic heterocycles.